The van der Waals surface area contributed by atoms with Crippen LogP contribution in [0.3, 0.4) is 0 Å². The lowest BCUT2D eigenvalue weighted by Gasteiger charge is -2.33. The van der Waals surface area contributed by atoms with Crippen molar-refractivity contribution in [2.45, 2.75) is 37.5 Å². The number of halogens is 2. The molecule has 7 heteroatoms. The fourth-order valence-corrected chi connectivity index (χ4v) is 3.39. The zero-order valence-electron chi connectivity index (χ0n) is 13.7. The van der Waals surface area contributed by atoms with Crippen LogP contribution in [0.2, 0.25) is 5.02 Å². The fourth-order valence-electron chi connectivity index (χ4n) is 3.21. The Morgan fingerprint density at radius 3 is 2.58 bits per heavy atom. The van der Waals surface area contributed by atoms with E-state index >= 15 is 0 Å². The van der Waals surface area contributed by atoms with Gasteiger partial charge in [0.25, 0.3) is 0 Å². The molecule has 1 aromatic carbocycles. The number of amides is 1. The minimum Gasteiger partial charge on any atom is -0.489 e. The maximum atomic E-state index is 12.5. The molecule has 2 fully saturated rings. The quantitative estimate of drug-likeness (QED) is 0.879. The Morgan fingerprint density at radius 2 is 1.96 bits per heavy atom. The smallest absolute Gasteiger partial charge is 0.239 e. The van der Waals surface area contributed by atoms with Gasteiger partial charge in [0, 0.05) is 39.6 Å². The number of benzene rings is 1. The molecule has 2 aliphatic rings. The van der Waals surface area contributed by atoms with Crippen LogP contribution in [0.1, 0.15) is 19.3 Å². The minimum absolute atomic E-state index is 0. The second-order valence-corrected chi connectivity index (χ2v) is 6.53. The lowest BCUT2D eigenvalue weighted by Crippen LogP contribution is -2.48. The zero-order valence-corrected chi connectivity index (χ0v) is 15.3. The van der Waals surface area contributed by atoms with Crippen molar-refractivity contribution in [1.82, 2.24) is 10.2 Å². The van der Waals surface area contributed by atoms with Gasteiger partial charge >= 0.3 is 0 Å². The SMILES string of the molecule is CO[C@@H]1CN[C@@H](C(=O)N2CCC(Oc3ccccc3Cl)CC2)C1.Cl. The molecule has 0 spiro atoms. The molecule has 24 heavy (non-hydrogen) atoms. The predicted octanol–water partition coefficient (Wildman–Crippen LogP) is 2.51. The van der Waals surface area contributed by atoms with E-state index < -0.39 is 0 Å². The van der Waals surface area contributed by atoms with Crippen molar-refractivity contribution >= 4 is 29.9 Å². The molecule has 134 valence electrons. The Hall–Kier alpha value is -1.01. The third kappa shape index (κ3) is 4.54. The van der Waals surface area contributed by atoms with Crippen LogP contribution in [0.4, 0.5) is 0 Å². The molecule has 0 radical (unpaired) electrons. The molecule has 2 atom stereocenters. The molecule has 2 heterocycles. The van der Waals surface area contributed by atoms with Gasteiger partial charge in [-0.2, -0.15) is 0 Å². The highest BCUT2D eigenvalue weighted by Gasteiger charge is 2.34. The maximum absolute atomic E-state index is 12.5. The summed E-state index contributed by atoms with van der Waals surface area (Å²) in [7, 11) is 1.69. The lowest BCUT2D eigenvalue weighted by atomic mass is 10.1. The van der Waals surface area contributed by atoms with Gasteiger partial charge < -0.3 is 19.7 Å². The summed E-state index contributed by atoms with van der Waals surface area (Å²) in [5.74, 6) is 0.903. The molecule has 0 unspecified atom stereocenters. The molecular formula is C17H24Cl2N2O3. The Balaban J connectivity index is 0.00000208. The Bertz CT molecular complexity index is 550. The van der Waals surface area contributed by atoms with E-state index in [-0.39, 0.29) is 36.6 Å². The first kappa shape index (κ1) is 19.3. The van der Waals surface area contributed by atoms with Gasteiger partial charge in [-0.3, -0.25) is 4.79 Å². The molecule has 0 aromatic heterocycles. The van der Waals surface area contributed by atoms with Gasteiger partial charge in [-0.1, -0.05) is 23.7 Å². The minimum atomic E-state index is -0.110. The van der Waals surface area contributed by atoms with Gasteiger partial charge in [0.05, 0.1) is 17.2 Å². The topological polar surface area (TPSA) is 50.8 Å². The van der Waals surface area contributed by atoms with Crippen LogP contribution in [0.15, 0.2) is 24.3 Å². The molecule has 0 saturated carbocycles. The summed E-state index contributed by atoms with van der Waals surface area (Å²) >= 11 is 6.13. The molecule has 5 nitrogen and oxygen atoms in total. The number of rotatable bonds is 4. The van der Waals surface area contributed by atoms with E-state index in [9.17, 15) is 4.79 Å². The molecule has 1 aromatic rings. The van der Waals surface area contributed by atoms with Crippen LogP contribution in [0.5, 0.6) is 5.75 Å². The number of piperidine rings is 1. The summed E-state index contributed by atoms with van der Waals surface area (Å²) < 4.78 is 11.3. The van der Waals surface area contributed by atoms with E-state index in [4.69, 9.17) is 21.1 Å². The lowest BCUT2D eigenvalue weighted by molar-refractivity contribution is -0.135. The number of likely N-dealkylation sites (tertiary alicyclic amines) is 1. The second kappa shape index (κ2) is 8.90. The number of nitrogens with zero attached hydrogens (tertiary/aromatic N) is 1. The number of carbonyl (C=O) groups excluding carboxylic acids is 1. The second-order valence-electron chi connectivity index (χ2n) is 6.13. The first-order valence-corrected chi connectivity index (χ1v) is 8.51. The van der Waals surface area contributed by atoms with Crippen molar-refractivity contribution in [1.29, 1.82) is 0 Å². The van der Waals surface area contributed by atoms with Crippen LogP contribution >= 0.6 is 24.0 Å². The largest absolute Gasteiger partial charge is 0.489 e. The van der Waals surface area contributed by atoms with E-state index in [1.807, 2.05) is 29.2 Å². The third-order valence-electron chi connectivity index (χ3n) is 4.61. The molecule has 3 rings (SSSR count). The summed E-state index contributed by atoms with van der Waals surface area (Å²) in [5.41, 5.74) is 0. The summed E-state index contributed by atoms with van der Waals surface area (Å²) in [6.07, 6.45) is 2.67. The standard InChI is InChI=1S/C17H23ClN2O3.ClH/c1-22-13-10-15(19-11-13)17(21)20-8-6-12(7-9-20)23-16-5-3-2-4-14(16)18;/h2-5,12-13,15,19H,6-11H2,1H3;1H/t13-,15+;/m0./s1. The van der Waals surface area contributed by atoms with Gasteiger partial charge in [0.2, 0.25) is 5.91 Å². The van der Waals surface area contributed by atoms with Crippen LogP contribution in [0, 0.1) is 0 Å². The summed E-state index contributed by atoms with van der Waals surface area (Å²) in [4.78, 5) is 14.5. The zero-order chi connectivity index (χ0) is 16.2. The Morgan fingerprint density at radius 1 is 1.25 bits per heavy atom. The molecule has 2 aliphatic heterocycles. The van der Waals surface area contributed by atoms with E-state index in [0.717, 1.165) is 44.6 Å². The van der Waals surface area contributed by atoms with Gasteiger partial charge in [-0.05, 0) is 18.6 Å². The highest BCUT2D eigenvalue weighted by molar-refractivity contribution is 6.32. The number of carbonyl (C=O) groups is 1. The molecule has 1 N–H and O–H groups in total. The van der Waals surface area contributed by atoms with Crippen molar-refractivity contribution in [2.24, 2.45) is 0 Å². The van der Waals surface area contributed by atoms with E-state index in [0.29, 0.717) is 5.02 Å². The van der Waals surface area contributed by atoms with Crippen molar-refractivity contribution in [3.63, 3.8) is 0 Å². The van der Waals surface area contributed by atoms with Gasteiger partial charge in [0.1, 0.15) is 11.9 Å². The number of ether oxygens (including phenoxy) is 2. The maximum Gasteiger partial charge on any atom is 0.239 e. The number of para-hydroxylation sites is 1. The predicted molar refractivity (Wildman–Crippen MR) is 96.1 cm³/mol. The third-order valence-corrected chi connectivity index (χ3v) is 4.92. The van der Waals surface area contributed by atoms with Gasteiger partial charge in [-0.15, -0.1) is 12.4 Å². The molecule has 1 amide bonds. The van der Waals surface area contributed by atoms with Crippen LogP contribution < -0.4 is 10.1 Å². The summed E-state index contributed by atoms with van der Waals surface area (Å²) in [6, 6.07) is 7.40. The number of hydrogen-bond donors (Lipinski definition) is 1. The average molecular weight is 375 g/mol. The first-order valence-electron chi connectivity index (χ1n) is 8.13. The van der Waals surface area contributed by atoms with Gasteiger partial charge in [0.15, 0.2) is 0 Å². The fraction of sp³-hybridized carbons (Fsp3) is 0.588. The average Bonchev–Trinajstić information content (AvgIpc) is 3.06. The summed E-state index contributed by atoms with van der Waals surface area (Å²) in [6.45, 7) is 2.20. The van der Waals surface area contributed by atoms with Crippen LogP contribution in [-0.2, 0) is 9.53 Å². The van der Waals surface area contributed by atoms with Crippen molar-refractivity contribution in [3.8, 4) is 5.75 Å². The van der Waals surface area contributed by atoms with Crippen molar-refractivity contribution < 1.29 is 14.3 Å². The Labute approximate surface area is 154 Å². The Kier molecular flexibility index (Phi) is 7.16. The number of methoxy groups -OCH3 is 1. The normalized spacial score (nSPS) is 24.5. The summed E-state index contributed by atoms with van der Waals surface area (Å²) in [5, 5.41) is 3.88. The van der Waals surface area contributed by atoms with E-state index in [1.54, 1.807) is 7.11 Å². The van der Waals surface area contributed by atoms with Crippen LogP contribution in [-0.4, -0.2) is 55.8 Å². The van der Waals surface area contributed by atoms with E-state index in [1.165, 1.54) is 0 Å². The van der Waals surface area contributed by atoms with Crippen molar-refractivity contribution in [3.05, 3.63) is 29.3 Å². The van der Waals surface area contributed by atoms with Crippen molar-refractivity contribution in [2.75, 3.05) is 26.7 Å². The molecule has 0 bridgehead atoms. The molecule has 0 aliphatic carbocycles. The number of hydrogen-bond acceptors (Lipinski definition) is 4. The molecular weight excluding hydrogens is 351 g/mol. The molecule has 2 saturated heterocycles. The monoisotopic (exact) mass is 374 g/mol. The number of nitrogens with one attached hydrogen (secondary N) is 1. The van der Waals surface area contributed by atoms with Crippen LogP contribution in [0.25, 0.3) is 0 Å². The highest BCUT2D eigenvalue weighted by atomic mass is 35.5. The highest BCUT2D eigenvalue weighted by Crippen LogP contribution is 2.27. The van der Waals surface area contributed by atoms with Gasteiger partial charge in [-0.25, -0.2) is 0 Å². The first-order chi connectivity index (χ1) is 11.2. The van der Waals surface area contributed by atoms with E-state index in [2.05, 4.69) is 5.32 Å².